The number of ether oxygens (including phenoxy) is 2. The zero-order valence-corrected chi connectivity index (χ0v) is 19.6. The molecule has 0 aliphatic heterocycles. The van der Waals surface area contributed by atoms with E-state index in [9.17, 15) is 9.18 Å². The second kappa shape index (κ2) is 10.8. The fourth-order valence-electron chi connectivity index (χ4n) is 4.11. The number of hydrogen-bond donors (Lipinski definition) is 3. The van der Waals surface area contributed by atoms with Gasteiger partial charge < -0.3 is 25.8 Å². The van der Waals surface area contributed by atoms with Gasteiger partial charge in [-0.05, 0) is 43.9 Å². The molecule has 0 radical (unpaired) electrons. The molecule has 1 saturated carbocycles. The molecule has 0 saturated heterocycles. The number of benzene rings is 2. The highest BCUT2D eigenvalue weighted by molar-refractivity contribution is 6.31. The maximum absolute atomic E-state index is 14.4. The van der Waals surface area contributed by atoms with Gasteiger partial charge in [-0.15, -0.1) is 0 Å². The summed E-state index contributed by atoms with van der Waals surface area (Å²) in [6.07, 6.45) is 4.29. The van der Waals surface area contributed by atoms with E-state index < -0.39 is 5.82 Å². The van der Waals surface area contributed by atoms with Crippen LogP contribution in [-0.2, 0) is 4.79 Å². The Morgan fingerprint density at radius 2 is 2.00 bits per heavy atom. The fourth-order valence-corrected chi connectivity index (χ4v) is 4.28. The lowest BCUT2D eigenvalue weighted by Crippen LogP contribution is -2.37. The molecule has 0 atom stereocenters. The normalized spacial score (nSPS) is 17.9. The van der Waals surface area contributed by atoms with Gasteiger partial charge in [0.05, 0.1) is 29.4 Å². The van der Waals surface area contributed by atoms with E-state index in [4.69, 9.17) is 26.8 Å². The van der Waals surface area contributed by atoms with E-state index in [2.05, 4.69) is 20.6 Å². The van der Waals surface area contributed by atoms with Crippen molar-refractivity contribution in [3.63, 3.8) is 0 Å². The summed E-state index contributed by atoms with van der Waals surface area (Å²) in [5, 5.41) is 6.52. The Balaban J connectivity index is 1.54. The number of hydrogen-bond acceptors (Lipinski definition) is 7. The van der Waals surface area contributed by atoms with E-state index in [1.54, 1.807) is 31.4 Å². The third kappa shape index (κ3) is 5.31. The van der Waals surface area contributed by atoms with E-state index in [-0.39, 0.29) is 28.6 Å². The van der Waals surface area contributed by atoms with Crippen LogP contribution in [0.25, 0.3) is 10.9 Å². The molecule has 0 unspecified atom stereocenters. The van der Waals surface area contributed by atoms with E-state index in [1.807, 2.05) is 0 Å². The number of aromatic nitrogens is 2. The molecule has 3 aromatic rings. The van der Waals surface area contributed by atoms with Gasteiger partial charge in [-0.3, -0.25) is 4.79 Å². The molecule has 1 fully saturated rings. The number of fused-ring (bicyclic) bond motifs is 1. The van der Waals surface area contributed by atoms with Gasteiger partial charge in [0.15, 0.2) is 17.3 Å². The van der Waals surface area contributed by atoms with Gasteiger partial charge in [0.1, 0.15) is 12.1 Å². The molecule has 180 valence electrons. The Morgan fingerprint density at radius 3 is 2.74 bits per heavy atom. The zero-order valence-electron chi connectivity index (χ0n) is 18.8. The number of rotatable bonds is 8. The number of halogens is 2. The average molecular weight is 488 g/mol. The van der Waals surface area contributed by atoms with Gasteiger partial charge in [0.2, 0.25) is 5.91 Å². The van der Waals surface area contributed by atoms with Gasteiger partial charge in [0, 0.05) is 30.5 Å². The molecule has 1 heterocycles. The van der Waals surface area contributed by atoms with Crippen molar-refractivity contribution in [1.29, 1.82) is 0 Å². The molecule has 4 N–H and O–H groups in total. The molecule has 1 aliphatic carbocycles. The first-order valence-corrected chi connectivity index (χ1v) is 11.6. The lowest BCUT2D eigenvalue weighted by atomic mass is 9.86. The Kier molecular flexibility index (Phi) is 7.64. The molecule has 4 rings (SSSR count). The van der Waals surface area contributed by atoms with Gasteiger partial charge in [-0.1, -0.05) is 17.7 Å². The summed E-state index contributed by atoms with van der Waals surface area (Å²) in [6, 6.07) is 8.27. The summed E-state index contributed by atoms with van der Waals surface area (Å²) in [6.45, 7) is 0.914. The fraction of sp³-hybridized carbons (Fsp3) is 0.375. The van der Waals surface area contributed by atoms with Crippen molar-refractivity contribution in [2.75, 3.05) is 25.5 Å². The van der Waals surface area contributed by atoms with Crippen LogP contribution in [0.3, 0.4) is 0 Å². The quantitative estimate of drug-likeness (QED) is 0.437. The van der Waals surface area contributed by atoms with E-state index in [0.29, 0.717) is 41.3 Å². The monoisotopic (exact) mass is 487 g/mol. The SMILES string of the molecule is COc1cc2ncnc(Nc3cccc(Cl)c3F)c2cc1O[C@H]1CC[C@H](C(=O)NCCN)CC1. The van der Waals surface area contributed by atoms with Crippen molar-refractivity contribution in [2.24, 2.45) is 11.7 Å². The number of anilines is 2. The minimum Gasteiger partial charge on any atom is -0.493 e. The first kappa shape index (κ1) is 24.0. The smallest absolute Gasteiger partial charge is 0.223 e. The van der Waals surface area contributed by atoms with Crippen LogP contribution in [0.5, 0.6) is 11.5 Å². The molecule has 1 aliphatic rings. The second-order valence-electron chi connectivity index (χ2n) is 8.14. The Labute approximate surface area is 202 Å². The summed E-state index contributed by atoms with van der Waals surface area (Å²) >= 11 is 5.91. The summed E-state index contributed by atoms with van der Waals surface area (Å²) in [4.78, 5) is 20.8. The van der Waals surface area contributed by atoms with Crippen LogP contribution >= 0.6 is 11.6 Å². The van der Waals surface area contributed by atoms with Crippen LogP contribution < -0.4 is 25.8 Å². The molecular weight excluding hydrogens is 461 g/mol. The molecule has 10 heteroatoms. The number of nitrogens with two attached hydrogens (primary N) is 1. The van der Waals surface area contributed by atoms with E-state index in [0.717, 1.165) is 25.7 Å². The van der Waals surface area contributed by atoms with Crippen LogP contribution in [0.4, 0.5) is 15.9 Å². The molecule has 0 spiro atoms. The van der Waals surface area contributed by atoms with Crippen molar-refractivity contribution in [2.45, 2.75) is 31.8 Å². The number of nitrogens with zero attached hydrogens (tertiary/aromatic N) is 2. The first-order chi connectivity index (χ1) is 16.5. The number of carbonyl (C=O) groups is 1. The maximum atomic E-state index is 14.4. The number of nitrogens with one attached hydrogen (secondary N) is 2. The standard InChI is InChI=1S/C24H27ClFN5O3/c1-33-20-12-19-16(23(30-13-29-19)31-18-4-2-3-17(25)22(18)26)11-21(20)34-15-7-5-14(6-8-15)24(32)28-10-9-27/h2-4,11-15H,5-10,27H2,1H3,(H,28,32)(H,29,30,31)/t14-,15-. The van der Waals surface area contributed by atoms with E-state index in [1.165, 1.54) is 12.4 Å². The molecular formula is C24H27ClFN5O3. The average Bonchev–Trinajstić information content (AvgIpc) is 2.85. The summed E-state index contributed by atoms with van der Waals surface area (Å²) in [7, 11) is 1.56. The van der Waals surface area contributed by atoms with Crippen LogP contribution in [-0.4, -0.2) is 42.2 Å². The van der Waals surface area contributed by atoms with Gasteiger partial charge in [-0.2, -0.15) is 0 Å². The molecule has 1 aromatic heterocycles. The highest BCUT2D eigenvalue weighted by atomic mass is 35.5. The lowest BCUT2D eigenvalue weighted by molar-refractivity contribution is -0.126. The van der Waals surface area contributed by atoms with Crippen molar-refractivity contribution >= 4 is 39.9 Å². The van der Waals surface area contributed by atoms with Crippen LogP contribution in [0.1, 0.15) is 25.7 Å². The van der Waals surface area contributed by atoms with Crippen molar-refractivity contribution in [3.05, 3.63) is 47.5 Å². The summed E-state index contributed by atoms with van der Waals surface area (Å²) < 4.78 is 26.3. The molecule has 0 bridgehead atoms. The lowest BCUT2D eigenvalue weighted by Gasteiger charge is -2.29. The predicted molar refractivity (Wildman–Crippen MR) is 129 cm³/mol. The van der Waals surface area contributed by atoms with Gasteiger partial charge in [-0.25, -0.2) is 14.4 Å². The maximum Gasteiger partial charge on any atom is 0.223 e. The third-order valence-corrected chi connectivity index (χ3v) is 6.20. The van der Waals surface area contributed by atoms with Crippen LogP contribution in [0.15, 0.2) is 36.7 Å². The van der Waals surface area contributed by atoms with Crippen LogP contribution in [0, 0.1) is 11.7 Å². The van der Waals surface area contributed by atoms with Gasteiger partial charge in [0.25, 0.3) is 0 Å². The molecule has 2 aromatic carbocycles. The van der Waals surface area contributed by atoms with Crippen LogP contribution in [0.2, 0.25) is 5.02 Å². The minimum absolute atomic E-state index is 0.0152. The Morgan fingerprint density at radius 1 is 1.21 bits per heavy atom. The third-order valence-electron chi connectivity index (χ3n) is 5.91. The summed E-state index contributed by atoms with van der Waals surface area (Å²) in [5.74, 6) is 0.950. The highest BCUT2D eigenvalue weighted by Crippen LogP contribution is 2.38. The molecule has 34 heavy (non-hydrogen) atoms. The Bertz CT molecular complexity index is 1170. The summed E-state index contributed by atoms with van der Waals surface area (Å²) in [5.41, 5.74) is 6.29. The van der Waals surface area contributed by atoms with Crippen molar-refractivity contribution in [3.8, 4) is 11.5 Å². The first-order valence-electron chi connectivity index (χ1n) is 11.2. The molecule has 1 amide bonds. The van der Waals surface area contributed by atoms with Crippen molar-refractivity contribution in [1.82, 2.24) is 15.3 Å². The van der Waals surface area contributed by atoms with Crippen molar-refractivity contribution < 1.29 is 18.7 Å². The number of carbonyl (C=O) groups excluding carboxylic acids is 1. The Hall–Kier alpha value is -3.17. The second-order valence-corrected chi connectivity index (χ2v) is 8.55. The predicted octanol–water partition coefficient (Wildman–Crippen LogP) is 4.19. The molecule has 8 nitrogen and oxygen atoms in total. The van der Waals surface area contributed by atoms with E-state index >= 15 is 0 Å². The highest BCUT2D eigenvalue weighted by Gasteiger charge is 2.28. The largest absolute Gasteiger partial charge is 0.493 e. The zero-order chi connectivity index (χ0) is 24.1. The number of amides is 1. The topological polar surface area (TPSA) is 111 Å². The minimum atomic E-state index is -0.562. The van der Waals surface area contributed by atoms with Gasteiger partial charge >= 0.3 is 0 Å². The number of methoxy groups -OCH3 is 1.